The highest BCUT2D eigenvalue weighted by atomic mass is 16.5. The van der Waals surface area contributed by atoms with Crippen LogP contribution in [0.1, 0.15) is 16.1 Å². The zero-order valence-electron chi connectivity index (χ0n) is 12.2. The van der Waals surface area contributed by atoms with Crippen LogP contribution in [0.2, 0.25) is 0 Å². The number of hydrogen-bond donors (Lipinski definition) is 0. The Bertz CT molecular complexity index is 802. The lowest BCUT2D eigenvalue weighted by atomic mass is 10.1. The van der Waals surface area contributed by atoms with E-state index in [2.05, 4.69) is 16.7 Å². The maximum Gasteiger partial charge on any atom is 0.182 e. The number of aryl methyl sites for hydroxylation is 1. The van der Waals surface area contributed by atoms with Crippen molar-refractivity contribution in [2.45, 2.75) is 13.5 Å². The number of carbonyl (C=O) groups is 1. The van der Waals surface area contributed by atoms with E-state index in [0.717, 1.165) is 16.6 Å². The Kier molecular flexibility index (Phi) is 3.48. The van der Waals surface area contributed by atoms with Gasteiger partial charge < -0.3 is 9.30 Å². The van der Waals surface area contributed by atoms with Gasteiger partial charge in [0.05, 0.1) is 13.7 Å². The summed E-state index contributed by atoms with van der Waals surface area (Å²) in [5.74, 6) is 0.785. The number of fused-ring (bicyclic) bond motifs is 1. The van der Waals surface area contributed by atoms with Gasteiger partial charge in [-0.2, -0.15) is 0 Å². The Labute approximate surface area is 123 Å². The van der Waals surface area contributed by atoms with Gasteiger partial charge in [-0.1, -0.05) is 30.3 Å². The molecule has 0 aliphatic rings. The number of para-hydroxylation sites is 1. The first kappa shape index (κ1) is 13.4. The van der Waals surface area contributed by atoms with Crippen molar-refractivity contribution in [3.63, 3.8) is 0 Å². The Hall–Kier alpha value is -2.55. The van der Waals surface area contributed by atoms with Gasteiger partial charge in [-0.05, 0) is 36.6 Å². The van der Waals surface area contributed by atoms with Crippen molar-refractivity contribution in [1.82, 2.24) is 4.57 Å². The number of methoxy groups -OCH3 is 1. The zero-order valence-corrected chi connectivity index (χ0v) is 12.2. The monoisotopic (exact) mass is 279 g/mol. The van der Waals surface area contributed by atoms with E-state index in [1.165, 1.54) is 0 Å². The van der Waals surface area contributed by atoms with Crippen LogP contribution in [-0.4, -0.2) is 17.5 Å². The minimum absolute atomic E-state index is 0.0818. The molecular formula is C18H17NO2. The van der Waals surface area contributed by atoms with E-state index in [9.17, 15) is 4.79 Å². The molecule has 0 radical (unpaired) electrons. The number of benzene rings is 2. The van der Waals surface area contributed by atoms with Crippen molar-refractivity contribution in [2.24, 2.45) is 0 Å². The van der Waals surface area contributed by atoms with E-state index in [4.69, 9.17) is 4.74 Å². The lowest BCUT2D eigenvalue weighted by Gasteiger charge is -2.08. The lowest BCUT2D eigenvalue weighted by molar-refractivity contribution is 0.0972. The predicted octanol–water partition coefficient (Wildman–Crippen LogP) is 3.84. The highest BCUT2D eigenvalue weighted by Gasteiger charge is 2.11. The van der Waals surface area contributed by atoms with E-state index in [1.54, 1.807) is 13.2 Å². The number of rotatable bonds is 4. The number of carbonyl (C=O) groups excluding carboxylic acids is 1. The molecule has 3 rings (SSSR count). The Morgan fingerprint density at radius 3 is 2.71 bits per heavy atom. The Morgan fingerprint density at radius 2 is 1.90 bits per heavy atom. The molecule has 106 valence electrons. The van der Waals surface area contributed by atoms with E-state index in [0.29, 0.717) is 17.9 Å². The van der Waals surface area contributed by atoms with Gasteiger partial charge in [0.1, 0.15) is 5.75 Å². The number of ether oxygens (including phenoxy) is 1. The molecule has 0 bridgehead atoms. The molecule has 1 aromatic heterocycles. The second-order valence-electron chi connectivity index (χ2n) is 5.09. The van der Waals surface area contributed by atoms with Gasteiger partial charge >= 0.3 is 0 Å². The third kappa shape index (κ3) is 2.55. The third-order valence-corrected chi connectivity index (χ3v) is 3.71. The summed E-state index contributed by atoms with van der Waals surface area (Å²) in [5.41, 5.74) is 2.85. The largest absolute Gasteiger partial charge is 0.497 e. The molecule has 0 N–H and O–H groups in total. The smallest absolute Gasteiger partial charge is 0.182 e. The third-order valence-electron chi connectivity index (χ3n) is 3.71. The summed E-state index contributed by atoms with van der Waals surface area (Å²) >= 11 is 0. The van der Waals surface area contributed by atoms with Crippen LogP contribution in [0.25, 0.3) is 10.9 Å². The molecule has 3 aromatic rings. The number of ketones is 1. The maximum absolute atomic E-state index is 12.5. The van der Waals surface area contributed by atoms with Crippen LogP contribution in [-0.2, 0) is 6.54 Å². The summed E-state index contributed by atoms with van der Waals surface area (Å²) in [5, 5.41) is 1.16. The molecule has 0 unspecified atom stereocenters. The summed E-state index contributed by atoms with van der Waals surface area (Å²) in [6, 6.07) is 17.5. The lowest BCUT2D eigenvalue weighted by Crippen LogP contribution is -2.11. The van der Waals surface area contributed by atoms with Crippen molar-refractivity contribution in [3.8, 4) is 5.75 Å². The van der Waals surface area contributed by atoms with E-state index < -0.39 is 0 Å². The highest BCUT2D eigenvalue weighted by Crippen LogP contribution is 2.20. The first-order valence-corrected chi connectivity index (χ1v) is 6.91. The van der Waals surface area contributed by atoms with Gasteiger partial charge in [0, 0.05) is 16.8 Å². The molecule has 0 spiro atoms. The van der Waals surface area contributed by atoms with Crippen LogP contribution >= 0.6 is 0 Å². The molecule has 21 heavy (non-hydrogen) atoms. The fraction of sp³-hybridized carbons (Fsp3) is 0.167. The number of hydrogen-bond acceptors (Lipinski definition) is 2. The summed E-state index contributed by atoms with van der Waals surface area (Å²) in [6.45, 7) is 2.37. The fourth-order valence-electron chi connectivity index (χ4n) is 2.59. The standard InChI is InChI=1S/C18H17NO2/c1-13-10-14-6-3-4-9-17(14)19(13)12-18(20)15-7-5-8-16(11-15)21-2/h3-11H,12H2,1-2H3. The average molecular weight is 279 g/mol. The fourth-order valence-corrected chi connectivity index (χ4v) is 2.59. The molecular weight excluding hydrogens is 262 g/mol. The van der Waals surface area contributed by atoms with E-state index in [1.807, 2.05) is 43.3 Å². The van der Waals surface area contributed by atoms with Crippen LogP contribution in [0.15, 0.2) is 54.6 Å². The van der Waals surface area contributed by atoms with Crippen molar-refractivity contribution in [1.29, 1.82) is 0 Å². The first-order chi connectivity index (χ1) is 10.2. The highest BCUT2D eigenvalue weighted by molar-refractivity contribution is 5.97. The van der Waals surface area contributed by atoms with Gasteiger partial charge in [0.2, 0.25) is 0 Å². The number of Topliss-reactive ketones (excluding diaryl/α,β-unsaturated/α-hetero) is 1. The summed E-state index contributed by atoms with van der Waals surface area (Å²) < 4.78 is 7.23. The van der Waals surface area contributed by atoms with Gasteiger partial charge in [-0.3, -0.25) is 4.79 Å². The van der Waals surface area contributed by atoms with Crippen molar-refractivity contribution >= 4 is 16.7 Å². The van der Waals surface area contributed by atoms with Crippen LogP contribution in [0.3, 0.4) is 0 Å². The summed E-state index contributed by atoms with van der Waals surface area (Å²) in [7, 11) is 1.60. The van der Waals surface area contributed by atoms with Crippen LogP contribution in [0.5, 0.6) is 5.75 Å². The molecule has 1 heterocycles. The van der Waals surface area contributed by atoms with Gasteiger partial charge in [-0.25, -0.2) is 0 Å². The second kappa shape index (κ2) is 5.44. The molecule has 0 aliphatic heterocycles. The van der Waals surface area contributed by atoms with E-state index in [-0.39, 0.29) is 5.78 Å². The molecule has 3 nitrogen and oxygen atoms in total. The van der Waals surface area contributed by atoms with Crippen molar-refractivity contribution < 1.29 is 9.53 Å². The SMILES string of the molecule is COc1cccc(C(=O)Cn2c(C)cc3ccccc32)c1. The number of nitrogens with zero attached hydrogens (tertiary/aromatic N) is 1. The van der Waals surface area contributed by atoms with E-state index >= 15 is 0 Å². The molecule has 0 amide bonds. The minimum atomic E-state index is 0.0818. The second-order valence-corrected chi connectivity index (χ2v) is 5.09. The predicted molar refractivity (Wildman–Crippen MR) is 84.0 cm³/mol. The summed E-state index contributed by atoms with van der Waals surface area (Å²) in [4.78, 5) is 12.5. The normalized spacial score (nSPS) is 10.8. The molecule has 0 saturated carbocycles. The van der Waals surface area contributed by atoms with Crippen LogP contribution < -0.4 is 4.74 Å². The quantitative estimate of drug-likeness (QED) is 0.679. The Balaban J connectivity index is 1.94. The van der Waals surface area contributed by atoms with Gasteiger partial charge in [0.25, 0.3) is 0 Å². The minimum Gasteiger partial charge on any atom is -0.497 e. The Morgan fingerprint density at radius 1 is 1.10 bits per heavy atom. The van der Waals surface area contributed by atoms with Crippen molar-refractivity contribution in [3.05, 3.63) is 65.9 Å². The van der Waals surface area contributed by atoms with Crippen LogP contribution in [0.4, 0.5) is 0 Å². The van der Waals surface area contributed by atoms with Gasteiger partial charge in [-0.15, -0.1) is 0 Å². The molecule has 0 atom stereocenters. The molecule has 0 fully saturated rings. The molecule has 2 aromatic carbocycles. The average Bonchev–Trinajstić information content (AvgIpc) is 2.83. The summed E-state index contributed by atoms with van der Waals surface area (Å²) in [6.07, 6.45) is 0. The number of aromatic nitrogens is 1. The topological polar surface area (TPSA) is 31.2 Å². The van der Waals surface area contributed by atoms with Crippen LogP contribution in [0, 0.1) is 6.92 Å². The molecule has 3 heteroatoms. The molecule has 0 saturated heterocycles. The van der Waals surface area contributed by atoms with Crippen molar-refractivity contribution in [2.75, 3.05) is 7.11 Å². The zero-order chi connectivity index (χ0) is 14.8. The first-order valence-electron chi connectivity index (χ1n) is 6.91. The maximum atomic E-state index is 12.5. The van der Waals surface area contributed by atoms with Gasteiger partial charge in [0.15, 0.2) is 5.78 Å². The molecule has 0 aliphatic carbocycles.